The summed E-state index contributed by atoms with van der Waals surface area (Å²) in [5.41, 5.74) is 1.60. The lowest BCUT2D eigenvalue weighted by atomic mass is 9.95. The van der Waals surface area contributed by atoms with E-state index in [2.05, 4.69) is 41.2 Å². The van der Waals surface area contributed by atoms with Gasteiger partial charge in [0, 0.05) is 30.4 Å². The zero-order valence-corrected chi connectivity index (χ0v) is 15.8. The first kappa shape index (κ1) is 19.3. The van der Waals surface area contributed by atoms with E-state index in [1.807, 2.05) is 19.2 Å². The van der Waals surface area contributed by atoms with Gasteiger partial charge in [0.15, 0.2) is 0 Å². The van der Waals surface area contributed by atoms with Crippen molar-refractivity contribution in [1.29, 1.82) is 0 Å². The fourth-order valence-electron chi connectivity index (χ4n) is 2.29. The Hall–Kier alpha value is -2.03. The van der Waals surface area contributed by atoms with Crippen LogP contribution in [0.3, 0.4) is 0 Å². The smallest absolute Gasteiger partial charge is 0.136 e. The molecule has 0 unspecified atom stereocenters. The zero-order valence-electron chi connectivity index (χ0n) is 15.8. The fourth-order valence-corrected chi connectivity index (χ4v) is 2.29. The number of likely N-dealkylation sites (N-methyl/N-ethyl adjacent to an activating group) is 1. The van der Waals surface area contributed by atoms with E-state index in [0.717, 1.165) is 23.0 Å². The largest absolute Gasteiger partial charge is 0.390 e. The lowest BCUT2D eigenvalue weighted by Crippen LogP contribution is -2.31. The standard InChI is InChI=1S/C17H28N6O2/c1-12-7-15(21-16(19-12)17(2,3)4)20-13-8-18-23(9-13)11-14(24)10-22(5)25-6/h7-9,14,24H,10-11H2,1-6H3,(H,19,20,21)/t14-/m1/s1. The Balaban J connectivity index is 2.05. The summed E-state index contributed by atoms with van der Waals surface area (Å²) in [6.07, 6.45) is 2.97. The molecular weight excluding hydrogens is 320 g/mol. The molecule has 8 heteroatoms. The quantitative estimate of drug-likeness (QED) is 0.739. The van der Waals surface area contributed by atoms with Crippen LogP contribution in [0.2, 0.25) is 0 Å². The Kier molecular flexibility index (Phi) is 6.10. The van der Waals surface area contributed by atoms with Gasteiger partial charge in [-0.25, -0.2) is 9.97 Å². The molecule has 1 atom stereocenters. The second kappa shape index (κ2) is 7.90. The first-order valence-electron chi connectivity index (χ1n) is 8.26. The Morgan fingerprint density at radius 1 is 1.36 bits per heavy atom. The Bertz CT molecular complexity index is 695. The van der Waals surface area contributed by atoms with Crippen molar-refractivity contribution < 1.29 is 9.94 Å². The zero-order chi connectivity index (χ0) is 18.6. The molecule has 0 saturated carbocycles. The highest BCUT2D eigenvalue weighted by atomic mass is 16.7. The SMILES string of the molecule is CON(C)C[C@@H](O)Cn1cc(Nc2cc(C)nc(C(C)(C)C)n2)cn1. The van der Waals surface area contributed by atoms with Gasteiger partial charge < -0.3 is 15.3 Å². The van der Waals surface area contributed by atoms with E-state index in [9.17, 15) is 5.11 Å². The topological polar surface area (TPSA) is 88.3 Å². The van der Waals surface area contributed by atoms with Crippen molar-refractivity contribution >= 4 is 11.5 Å². The highest BCUT2D eigenvalue weighted by molar-refractivity contribution is 5.54. The molecule has 138 valence electrons. The summed E-state index contributed by atoms with van der Waals surface area (Å²) < 4.78 is 1.69. The molecule has 0 saturated heterocycles. The van der Waals surface area contributed by atoms with E-state index >= 15 is 0 Å². The van der Waals surface area contributed by atoms with E-state index in [1.54, 1.807) is 30.1 Å². The van der Waals surface area contributed by atoms with Gasteiger partial charge in [-0.1, -0.05) is 20.8 Å². The van der Waals surface area contributed by atoms with E-state index in [0.29, 0.717) is 13.1 Å². The van der Waals surface area contributed by atoms with Crippen LogP contribution < -0.4 is 5.32 Å². The molecule has 0 radical (unpaired) electrons. The molecule has 0 aromatic carbocycles. The number of anilines is 2. The van der Waals surface area contributed by atoms with Crippen molar-refractivity contribution in [3.05, 3.63) is 30.0 Å². The molecule has 0 fully saturated rings. The van der Waals surface area contributed by atoms with Crippen LogP contribution in [0, 0.1) is 6.92 Å². The van der Waals surface area contributed by atoms with Gasteiger partial charge in [0.25, 0.3) is 0 Å². The van der Waals surface area contributed by atoms with Crippen molar-refractivity contribution in [2.24, 2.45) is 0 Å². The Morgan fingerprint density at radius 2 is 2.08 bits per heavy atom. The number of nitrogens with zero attached hydrogens (tertiary/aromatic N) is 5. The predicted molar refractivity (Wildman–Crippen MR) is 96.6 cm³/mol. The van der Waals surface area contributed by atoms with Crippen molar-refractivity contribution in [2.45, 2.75) is 45.8 Å². The van der Waals surface area contributed by atoms with Crippen LogP contribution in [0.15, 0.2) is 18.5 Å². The first-order valence-corrected chi connectivity index (χ1v) is 8.26. The second-order valence-corrected chi connectivity index (χ2v) is 7.19. The van der Waals surface area contributed by atoms with E-state index in [4.69, 9.17) is 4.84 Å². The number of aliphatic hydroxyl groups excluding tert-OH is 1. The number of hydroxylamine groups is 2. The second-order valence-electron chi connectivity index (χ2n) is 7.19. The van der Waals surface area contributed by atoms with Crippen LogP contribution in [-0.4, -0.2) is 56.7 Å². The molecule has 8 nitrogen and oxygen atoms in total. The van der Waals surface area contributed by atoms with Crippen molar-refractivity contribution in [1.82, 2.24) is 24.8 Å². The van der Waals surface area contributed by atoms with Crippen LogP contribution in [0.25, 0.3) is 0 Å². The molecule has 2 rings (SSSR count). The maximum Gasteiger partial charge on any atom is 0.136 e. The third-order valence-electron chi connectivity index (χ3n) is 3.61. The third kappa shape index (κ3) is 5.77. The summed E-state index contributed by atoms with van der Waals surface area (Å²) >= 11 is 0. The summed E-state index contributed by atoms with van der Waals surface area (Å²) in [7, 11) is 3.34. The molecule has 0 spiro atoms. The molecule has 2 heterocycles. The summed E-state index contributed by atoms with van der Waals surface area (Å²) in [6, 6.07) is 1.90. The molecular formula is C17H28N6O2. The monoisotopic (exact) mass is 348 g/mol. The van der Waals surface area contributed by atoms with Crippen LogP contribution in [0.1, 0.15) is 32.3 Å². The van der Waals surface area contributed by atoms with E-state index in [-0.39, 0.29) is 5.41 Å². The van der Waals surface area contributed by atoms with Crippen LogP contribution >= 0.6 is 0 Å². The van der Waals surface area contributed by atoms with Gasteiger partial charge in [-0.3, -0.25) is 4.68 Å². The molecule has 0 aliphatic heterocycles. The Labute approximate surface area is 148 Å². The Morgan fingerprint density at radius 3 is 2.72 bits per heavy atom. The predicted octanol–water partition coefficient (Wildman–Crippen LogP) is 1.88. The maximum atomic E-state index is 10.0. The summed E-state index contributed by atoms with van der Waals surface area (Å²) in [4.78, 5) is 14.1. The molecule has 2 N–H and O–H groups in total. The van der Waals surface area contributed by atoms with Crippen molar-refractivity contribution in [3.8, 4) is 0 Å². The van der Waals surface area contributed by atoms with Gasteiger partial charge in [0.05, 0.1) is 38.2 Å². The van der Waals surface area contributed by atoms with Crippen LogP contribution in [0.4, 0.5) is 11.5 Å². The van der Waals surface area contributed by atoms with Crippen LogP contribution in [0.5, 0.6) is 0 Å². The summed E-state index contributed by atoms with van der Waals surface area (Å²) in [5.74, 6) is 1.53. The average molecular weight is 348 g/mol. The van der Waals surface area contributed by atoms with Gasteiger partial charge in [-0.15, -0.1) is 0 Å². The first-order chi connectivity index (χ1) is 11.7. The van der Waals surface area contributed by atoms with Gasteiger partial charge in [-0.05, 0) is 6.92 Å². The number of nitrogens with one attached hydrogen (secondary N) is 1. The number of aliphatic hydroxyl groups is 1. The number of hydrogen-bond acceptors (Lipinski definition) is 7. The number of hydrogen-bond donors (Lipinski definition) is 2. The van der Waals surface area contributed by atoms with Crippen molar-refractivity contribution in [3.63, 3.8) is 0 Å². The summed E-state index contributed by atoms with van der Waals surface area (Å²) in [6.45, 7) is 8.99. The van der Waals surface area contributed by atoms with Crippen LogP contribution in [-0.2, 0) is 16.8 Å². The highest BCUT2D eigenvalue weighted by Crippen LogP contribution is 2.22. The average Bonchev–Trinajstić information content (AvgIpc) is 2.92. The number of rotatable bonds is 7. The van der Waals surface area contributed by atoms with Gasteiger partial charge in [-0.2, -0.15) is 10.2 Å². The molecule has 0 aliphatic rings. The van der Waals surface area contributed by atoms with Gasteiger partial charge in [0.2, 0.25) is 0 Å². The minimum atomic E-state index is -0.577. The van der Waals surface area contributed by atoms with Gasteiger partial charge in [0.1, 0.15) is 11.6 Å². The highest BCUT2D eigenvalue weighted by Gasteiger charge is 2.18. The lowest BCUT2D eigenvalue weighted by Gasteiger charge is -2.18. The lowest BCUT2D eigenvalue weighted by molar-refractivity contribution is -0.129. The third-order valence-corrected chi connectivity index (χ3v) is 3.61. The fraction of sp³-hybridized carbons (Fsp3) is 0.588. The normalized spacial score (nSPS) is 13.3. The van der Waals surface area contributed by atoms with Crippen molar-refractivity contribution in [2.75, 3.05) is 26.0 Å². The summed E-state index contributed by atoms with van der Waals surface area (Å²) in [5, 5.41) is 19.1. The minimum Gasteiger partial charge on any atom is -0.390 e. The minimum absolute atomic E-state index is 0.121. The van der Waals surface area contributed by atoms with E-state index < -0.39 is 6.10 Å². The molecule has 2 aromatic heterocycles. The van der Waals surface area contributed by atoms with Gasteiger partial charge >= 0.3 is 0 Å². The number of aromatic nitrogens is 4. The molecule has 2 aromatic rings. The molecule has 0 amide bonds. The number of aryl methyl sites for hydroxylation is 1. The van der Waals surface area contributed by atoms with E-state index in [1.165, 1.54) is 0 Å². The molecule has 0 aliphatic carbocycles. The molecule has 25 heavy (non-hydrogen) atoms. The molecule has 0 bridgehead atoms. The maximum absolute atomic E-state index is 10.0.